The zero-order chi connectivity index (χ0) is 14.7. The van der Waals surface area contributed by atoms with Crippen LogP contribution < -0.4 is 15.4 Å². The molecule has 0 unspecified atom stereocenters. The SMILES string of the molecule is COc1ccc(C(=O)N(C)c2ccncc2N)cc1Br. The topological polar surface area (TPSA) is 68.5 Å². The van der Waals surface area contributed by atoms with Gasteiger partial charge in [-0.25, -0.2) is 0 Å². The Balaban J connectivity index is 2.32. The molecule has 0 spiro atoms. The number of nitrogens with two attached hydrogens (primary N) is 1. The molecule has 2 rings (SSSR count). The van der Waals surface area contributed by atoms with Crippen molar-refractivity contribution in [2.45, 2.75) is 0 Å². The fourth-order valence-corrected chi connectivity index (χ4v) is 2.35. The number of benzene rings is 1. The molecule has 6 heteroatoms. The number of carbonyl (C=O) groups excluding carboxylic acids is 1. The van der Waals surface area contributed by atoms with Gasteiger partial charge < -0.3 is 15.4 Å². The van der Waals surface area contributed by atoms with Gasteiger partial charge in [-0.05, 0) is 40.2 Å². The molecule has 1 heterocycles. The number of halogens is 1. The van der Waals surface area contributed by atoms with Gasteiger partial charge in [0.2, 0.25) is 0 Å². The number of rotatable bonds is 3. The molecule has 0 saturated heterocycles. The van der Waals surface area contributed by atoms with Crippen LogP contribution in [0.1, 0.15) is 10.4 Å². The van der Waals surface area contributed by atoms with Crippen molar-refractivity contribution in [1.29, 1.82) is 0 Å². The number of amides is 1. The molecule has 1 amide bonds. The van der Waals surface area contributed by atoms with Gasteiger partial charge in [-0.3, -0.25) is 9.78 Å². The molecule has 1 aromatic carbocycles. The maximum atomic E-state index is 12.4. The average Bonchev–Trinajstić information content (AvgIpc) is 2.46. The van der Waals surface area contributed by atoms with Gasteiger partial charge in [0.15, 0.2) is 0 Å². The summed E-state index contributed by atoms with van der Waals surface area (Å²) in [6.45, 7) is 0. The lowest BCUT2D eigenvalue weighted by atomic mass is 10.2. The van der Waals surface area contributed by atoms with Crippen LogP contribution in [0.3, 0.4) is 0 Å². The second-order valence-electron chi connectivity index (χ2n) is 4.15. The molecular weight excluding hydrogens is 322 g/mol. The standard InChI is InChI=1S/C14H14BrN3O2/c1-18(12-5-6-17-8-11(12)16)14(19)9-3-4-13(20-2)10(15)7-9/h3-8H,16H2,1-2H3. The molecule has 5 nitrogen and oxygen atoms in total. The van der Waals surface area contributed by atoms with Crippen LogP contribution >= 0.6 is 15.9 Å². The van der Waals surface area contributed by atoms with Crippen LogP contribution in [-0.2, 0) is 0 Å². The predicted molar refractivity (Wildman–Crippen MR) is 82.1 cm³/mol. The van der Waals surface area contributed by atoms with E-state index in [1.54, 1.807) is 44.6 Å². The van der Waals surface area contributed by atoms with Crippen LogP contribution in [0.25, 0.3) is 0 Å². The Morgan fingerprint density at radius 1 is 1.40 bits per heavy atom. The van der Waals surface area contributed by atoms with Gasteiger partial charge in [0.25, 0.3) is 5.91 Å². The van der Waals surface area contributed by atoms with Gasteiger partial charge in [0, 0.05) is 18.8 Å². The van der Waals surface area contributed by atoms with E-state index in [0.717, 1.165) is 4.47 Å². The van der Waals surface area contributed by atoms with Crippen LogP contribution in [0.4, 0.5) is 11.4 Å². The van der Waals surface area contributed by atoms with Crippen molar-refractivity contribution in [1.82, 2.24) is 4.98 Å². The Morgan fingerprint density at radius 3 is 2.75 bits per heavy atom. The van der Waals surface area contributed by atoms with E-state index < -0.39 is 0 Å². The van der Waals surface area contributed by atoms with Crippen molar-refractivity contribution >= 4 is 33.2 Å². The van der Waals surface area contributed by atoms with E-state index in [9.17, 15) is 4.79 Å². The van der Waals surface area contributed by atoms with Crippen molar-refractivity contribution in [2.24, 2.45) is 0 Å². The van der Waals surface area contributed by atoms with Gasteiger partial charge in [-0.1, -0.05) is 0 Å². The molecular formula is C14H14BrN3O2. The minimum Gasteiger partial charge on any atom is -0.496 e. The summed E-state index contributed by atoms with van der Waals surface area (Å²) < 4.78 is 5.87. The average molecular weight is 336 g/mol. The minimum absolute atomic E-state index is 0.161. The Kier molecular flexibility index (Phi) is 4.24. The third kappa shape index (κ3) is 2.75. The molecule has 0 aliphatic heterocycles. The summed E-state index contributed by atoms with van der Waals surface area (Å²) in [6, 6.07) is 6.86. The van der Waals surface area contributed by atoms with E-state index in [-0.39, 0.29) is 5.91 Å². The van der Waals surface area contributed by atoms with E-state index >= 15 is 0 Å². The summed E-state index contributed by atoms with van der Waals surface area (Å²) in [5.74, 6) is 0.513. The van der Waals surface area contributed by atoms with Crippen molar-refractivity contribution in [3.05, 3.63) is 46.7 Å². The second kappa shape index (κ2) is 5.92. The van der Waals surface area contributed by atoms with E-state index in [1.165, 1.54) is 11.1 Å². The third-order valence-electron chi connectivity index (χ3n) is 2.89. The van der Waals surface area contributed by atoms with Gasteiger partial charge >= 0.3 is 0 Å². The lowest BCUT2D eigenvalue weighted by Gasteiger charge is -2.19. The van der Waals surface area contributed by atoms with Crippen molar-refractivity contribution in [2.75, 3.05) is 24.8 Å². The highest BCUT2D eigenvalue weighted by atomic mass is 79.9. The van der Waals surface area contributed by atoms with Gasteiger partial charge in [0.05, 0.1) is 29.2 Å². The number of aromatic nitrogens is 1. The van der Waals surface area contributed by atoms with Crippen LogP contribution in [0.2, 0.25) is 0 Å². The number of carbonyl (C=O) groups is 1. The Hall–Kier alpha value is -2.08. The Morgan fingerprint density at radius 2 is 2.15 bits per heavy atom. The number of hydrogen-bond acceptors (Lipinski definition) is 4. The highest BCUT2D eigenvalue weighted by Gasteiger charge is 2.16. The van der Waals surface area contributed by atoms with Gasteiger partial charge in [-0.2, -0.15) is 0 Å². The van der Waals surface area contributed by atoms with Crippen LogP contribution in [0.5, 0.6) is 5.75 Å². The molecule has 1 aromatic heterocycles. The molecule has 0 atom stereocenters. The Bertz CT molecular complexity index is 646. The van der Waals surface area contributed by atoms with Crippen LogP contribution in [0.15, 0.2) is 41.1 Å². The fourth-order valence-electron chi connectivity index (χ4n) is 1.81. The molecule has 2 aromatic rings. The van der Waals surface area contributed by atoms with Gasteiger partial charge in [-0.15, -0.1) is 0 Å². The summed E-state index contributed by atoms with van der Waals surface area (Å²) in [6.07, 6.45) is 3.11. The van der Waals surface area contributed by atoms with E-state index in [2.05, 4.69) is 20.9 Å². The maximum Gasteiger partial charge on any atom is 0.258 e. The number of nitrogens with zero attached hydrogens (tertiary/aromatic N) is 2. The quantitative estimate of drug-likeness (QED) is 0.936. The van der Waals surface area contributed by atoms with E-state index in [0.29, 0.717) is 22.7 Å². The van der Waals surface area contributed by atoms with Crippen LogP contribution in [-0.4, -0.2) is 25.0 Å². The van der Waals surface area contributed by atoms with Crippen molar-refractivity contribution in [3.8, 4) is 5.75 Å². The molecule has 0 radical (unpaired) electrons. The summed E-state index contributed by atoms with van der Waals surface area (Å²) >= 11 is 3.37. The Labute approximate surface area is 125 Å². The lowest BCUT2D eigenvalue weighted by molar-refractivity contribution is 0.0993. The molecule has 0 fully saturated rings. The smallest absolute Gasteiger partial charge is 0.258 e. The maximum absolute atomic E-state index is 12.4. The predicted octanol–water partition coefficient (Wildman–Crippen LogP) is 2.71. The van der Waals surface area contributed by atoms with Crippen molar-refractivity contribution < 1.29 is 9.53 Å². The van der Waals surface area contributed by atoms with Crippen molar-refractivity contribution in [3.63, 3.8) is 0 Å². The zero-order valence-electron chi connectivity index (χ0n) is 11.1. The summed E-state index contributed by atoms with van der Waals surface area (Å²) in [7, 11) is 3.25. The summed E-state index contributed by atoms with van der Waals surface area (Å²) in [4.78, 5) is 17.8. The zero-order valence-corrected chi connectivity index (χ0v) is 12.7. The molecule has 0 bridgehead atoms. The first-order valence-corrected chi connectivity index (χ1v) is 6.65. The first-order valence-electron chi connectivity index (χ1n) is 5.85. The fraction of sp³-hybridized carbons (Fsp3) is 0.143. The number of pyridine rings is 1. The number of hydrogen-bond donors (Lipinski definition) is 1. The first-order chi connectivity index (χ1) is 9.54. The second-order valence-corrected chi connectivity index (χ2v) is 5.00. The summed E-state index contributed by atoms with van der Waals surface area (Å²) in [5, 5.41) is 0. The third-order valence-corrected chi connectivity index (χ3v) is 3.51. The molecule has 0 saturated carbocycles. The monoisotopic (exact) mass is 335 g/mol. The number of anilines is 2. The number of nitrogen functional groups attached to an aromatic ring is 1. The molecule has 0 aliphatic carbocycles. The molecule has 0 aliphatic rings. The first kappa shape index (κ1) is 14.3. The molecule has 104 valence electrons. The van der Waals surface area contributed by atoms with E-state index in [1.807, 2.05) is 0 Å². The largest absolute Gasteiger partial charge is 0.496 e. The molecule has 2 N–H and O–H groups in total. The van der Waals surface area contributed by atoms with Gasteiger partial charge in [0.1, 0.15) is 5.75 Å². The minimum atomic E-state index is -0.161. The highest BCUT2D eigenvalue weighted by Crippen LogP contribution is 2.27. The van der Waals surface area contributed by atoms with Crippen LogP contribution in [0, 0.1) is 0 Å². The van der Waals surface area contributed by atoms with E-state index in [4.69, 9.17) is 10.5 Å². The summed E-state index contributed by atoms with van der Waals surface area (Å²) in [5.41, 5.74) is 7.44. The lowest BCUT2D eigenvalue weighted by Crippen LogP contribution is -2.27. The number of ether oxygens (including phenoxy) is 1. The normalized spacial score (nSPS) is 10.2. The highest BCUT2D eigenvalue weighted by molar-refractivity contribution is 9.10. The number of methoxy groups -OCH3 is 1. The molecule has 20 heavy (non-hydrogen) atoms.